The highest BCUT2D eigenvalue weighted by Gasteiger charge is 2.35. The topological polar surface area (TPSA) is 0 Å². The highest BCUT2D eigenvalue weighted by Crippen LogP contribution is 2.49. The van der Waals surface area contributed by atoms with Crippen molar-refractivity contribution in [1.82, 2.24) is 0 Å². The van der Waals surface area contributed by atoms with Gasteiger partial charge in [-0.3, -0.25) is 0 Å². The lowest BCUT2D eigenvalue weighted by atomic mass is 9.81. The van der Waals surface area contributed by atoms with Gasteiger partial charge < -0.3 is 0 Å². The largest absolute Gasteiger partial charge is 0.129 e. The molecule has 0 saturated heterocycles. The van der Waals surface area contributed by atoms with Crippen molar-refractivity contribution in [3.63, 3.8) is 0 Å². The summed E-state index contributed by atoms with van der Waals surface area (Å²) in [5, 5.41) is 0.750. The fraction of sp³-hybridized carbons (Fsp3) is 0.118. The second-order valence-corrected chi connectivity index (χ2v) is 11.2. The maximum absolute atomic E-state index is 6.70. The lowest BCUT2D eigenvalue weighted by molar-refractivity contribution is 0.660. The SMILES string of the molecule is CSc1ccccc1-c1cccc(-c2cc(Cl)cc(-c3ccc4c(c3)C(C)(C)c3ccccc3-4)c2)c1. The van der Waals surface area contributed by atoms with Crippen LogP contribution in [0, 0.1) is 0 Å². The molecule has 1 aliphatic rings. The Morgan fingerprint density at radius 2 is 1.14 bits per heavy atom. The molecule has 0 nitrogen and oxygen atoms in total. The number of hydrogen-bond acceptors (Lipinski definition) is 1. The molecule has 0 radical (unpaired) electrons. The van der Waals surface area contributed by atoms with Crippen molar-refractivity contribution in [1.29, 1.82) is 0 Å². The fourth-order valence-corrected chi connectivity index (χ4v) is 6.41. The Morgan fingerprint density at radius 1 is 0.528 bits per heavy atom. The van der Waals surface area contributed by atoms with Gasteiger partial charge in [-0.1, -0.05) is 98.2 Å². The van der Waals surface area contributed by atoms with Crippen LogP contribution in [0.3, 0.4) is 0 Å². The molecule has 176 valence electrons. The van der Waals surface area contributed by atoms with E-state index in [1.165, 1.54) is 49.4 Å². The maximum Gasteiger partial charge on any atom is 0.0418 e. The zero-order valence-electron chi connectivity index (χ0n) is 20.7. The van der Waals surface area contributed by atoms with Gasteiger partial charge in [-0.2, -0.15) is 0 Å². The minimum Gasteiger partial charge on any atom is -0.129 e. The second kappa shape index (κ2) is 9.00. The molecule has 0 aromatic heterocycles. The van der Waals surface area contributed by atoms with Crippen LogP contribution in [-0.2, 0) is 5.41 Å². The van der Waals surface area contributed by atoms with Crippen LogP contribution >= 0.6 is 23.4 Å². The average Bonchev–Trinajstić information content (AvgIpc) is 3.14. The Labute approximate surface area is 223 Å². The van der Waals surface area contributed by atoms with Gasteiger partial charge in [-0.15, -0.1) is 11.8 Å². The summed E-state index contributed by atoms with van der Waals surface area (Å²) >= 11 is 8.48. The normalized spacial score (nSPS) is 13.3. The number of thioether (sulfide) groups is 1. The van der Waals surface area contributed by atoms with Gasteiger partial charge in [-0.05, 0) is 98.3 Å². The van der Waals surface area contributed by atoms with E-state index in [2.05, 4.69) is 129 Å². The second-order valence-electron chi connectivity index (χ2n) is 9.94. The molecular weight excluding hydrogens is 476 g/mol. The van der Waals surface area contributed by atoms with E-state index >= 15 is 0 Å². The number of halogens is 1. The summed E-state index contributed by atoms with van der Waals surface area (Å²) in [5.74, 6) is 0. The van der Waals surface area contributed by atoms with Gasteiger partial charge in [0, 0.05) is 15.3 Å². The highest BCUT2D eigenvalue weighted by atomic mass is 35.5. The van der Waals surface area contributed by atoms with E-state index in [1.807, 2.05) is 0 Å². The van der Waals surface area contributed by atoms with Crippen LogP contribution in [0.4, 0.5) is 0 Å². The minimum absolute atomic E-state index is 0.0254. The summed E-state index contributed by atoms with van der Waals surface area (Å²) in [6.07, 6.45) is 2.13. The van der Waals surface area contributed by atoms with Crippen LogP contribution in [0.2, 0.25) is 5.02 Å². The molecule has 5 aromatic carbocycles. The van der Waals surface area contributed by atoms with Crippen LogP contribution in [-0.4, -0.2) is 6.26 Å². The van der Waals surface area contributed by atoms with E-state index < -0.39 is 0 Å². The zero-order valence-corrected chi connectivity index (χ0v) is 22.3. The lowest BCUT2D eigenvalue weighted by Crippen LogP contribution is -2.14. The van der Waals surface area contributed by atoms with Crippen LogP contribution in [0.5, 0.6) is 0 Å². The molecule has 0 atom stereocenters. The first-order valence-electron chi connectivity index (χ1n) is 12.2. The Hall–Kier alpha value is -3.26. The van der Waals surface area contributed by atoms with Gasteiger partial charge in [0.15, 0.2) is 0 Å². The molecule has 0 N–H and O–H groups in total. The molecule has 0 saturated carbocycles. The summed E-state index contributed by atoms with van der Waals surface area (Å²) in [6, 6.07) is 39.4. The van der Waals surface area contributed by atoms with Crippen LogP contribution in [0.1, 0.15) is 25.0 Å². The van der Waals surface area contributed by atoms with Crippen molar-refractivity contribution < 1.29 is 0 Å². The molecule has 0 fully saturated rings. The predicted octanol–water partition coefficient (Wildman–Crippen LogP) is 10.4. The first-order valence-corrected chi connectivity index (χ1v) is 13.9. The van der Waals surface area contributed by atoms with Gasteiger partial charge in [0.1, 0.15) is 0 Å². The molecule has 5 aromatic rings. The molecule has 2 heteroatoms. The van der Waals surface area contributed by atoms with Crippen molar-refractivity contribution in [3.05, 3.63) is 125 Å². The third-order valence-corrected chi connectivity index (χ3v) is 8.44. The van der Waals surface area contributed by atoms with Gasteiger partial charge in [-0.25, -0.2) is 0 Å². The first kappa shape index (κ1) is 23.2. The Morgan fingerprint density at radius 3 is 1.92 bits per heavy atom. The van der Waals surface area contributed by atoms with Gasteiger partial charge in [0.05, 0.1) is 0 Å². The van der Waals surface area contributed by atoms with Crippen LogP contribution in [0.15, 0.2) is 114 Å². The Kier molecular flexibility index (Phi) is 5.79. The number of rotatable bonds is 4. The molecule has 0 heterocycles. The zero-order chi connectivity index (χ0) is 24.9. The molecule has 36 heavy (non-hydrogen) atoms. The maximum atomic E-state index is 6.70. The van der Waals surface area contributed by atoms with Gasteiger partial charge in [0.2, 0.25) is 0 Å². The fourth-order valence-electron chi connectivity index (χ4n) is 5.56. The quantitative estimate of drug-likeness (QED) is 0.220. The van der Waals surface area contributed by atoms with E-state index in [-0.39, 0.29) is 5.41 Å². The molecule has 0 aliphatic heterocycles. The van der Waals surface area contributed by atoms with Gasteiger partial charge >= 0.3 is 0 Å². The van der Waals surface area contributed by atoms with Gasteiger partial charge in [0.25, 0.3) is 0 Å². The monoisotopic (exact) mass is 502 g/mol. The predicted molar refractivity (Wildman–Crippen MR) is 157 cm³/mol. The van der Waals surface area contributed by atoms with E-state index in [9.17, 15) is 0 Å². The molecule has 0 bridgehead atoms. The molecule has 6 rings (SSSR count). The van der Waals surface area contributed by atoms with E-state index in [1.54, 1.807) is 11.8 Å². The molecule has 1 aliphatic carbocycles. The van der Waals surface area contributed by atoms with Crippen molar-refractivity contribution in [2.24, 2.45) is 0 Å². The Bertz CT molecular complexity index is 1610. The van der Waals surface area contributed by atoms with Crippen molar-refractivity contribution in [3.8, 4) is 44.5 Å². The summed E-state index contributed by atoms with van der Waals surface area (Å²) < 4.78 is 0. The van der Waals surface area contributed by atoms with E-state index in [0.29, 0.717) is 0 Å². The third-order valence-electron chi connectivity index (χ3n) is 7.43. The summed E-state index contributed by atoms with van der Waals surface area (Å²) in [4.78, 5) is 1.28. The van der Waals surface area contributed by atoms with Crippen molar-refractivity contribution >= 4 is 23.4 Å². The number of benzene rings is 5. The summed E-state index contributed by atoms with van der Waals surface area (Å²) in [6.45, 7) is 4.64. The molecule has 0 spiro atoms. The minimum atomic E-state index is -0.0254. The van der Waals surface area contributed by atoms with Crippen LogP contribution in [0.25, 0.3) is 44.5 Å². The third kappa shape index (κ3) is 3.88. The van der Waals surface area contributed by atoms with Crippen LogP contribution < -0.4 is 0 Å². The van der Waals surface area contributed by atoms with E-state index in [0.717, 1.165) is 16.1 Å². The molecular formula is C34H27ClS. The summed E-state index contributed by atoms with van der Waals surface area (Å²) in [5.41, 5.74) is 12.5. The highest BCUT2D eigenvalue weighted by molar-refractivity contribution is 7.98. The average molecular weight is 503 g/mol. The lowest BCUT2D eigenvalue weighted by Gasteiger charge is -2.22. The molecule has 0 amide bonds. The van der Waals surface area contributed by atoms with E-state index in [4.69, 9.17) is 11.6 Å². The Balaban J connectivity index is 1.43. The smallest absolute Gasteiger partial charge is 0.0418 e. The number of fused-ring (bicyclic) bond motifs is 3. The number of hydrogen-bond donors (Lipinski definition) is 0. The summed E-state index contributed by atoms with van der Waals surface area (Å²) in [7, 11) is 0. The van der Waals surface area contributed by atoms with Crippen molar-refractivity contribution in [2.75, 3.05) is 6.26 Å². The standard InChI is InChI=1S/C34H27ClS/c1-34(2)31-13-6-4-12-29(31)30-16-15-23(21-32(30)34)26-18-25(19-27(35)20-26)22-9-8-10-24(17-22)28-11-5-7-14-33(28)36-3/h4-21H,1-3H3. The van der Waals surface area contributed by atoms with Crippen molar-refractivity contribution in [2.45, 2.75) is 24.2 Å². The molecule has 0 unspecified atom stereocenters. The first-order chi connectivity index (χ1) is 17.5.